The molecular formula is C20H28IN5. The number of aliphatic imine (C=N–C) groups is 1. The molecule has 1 fully saturated rings. The van der Waals surface area contributed by atoms with Crippen LogP contribution < -0.4 is 16.0 Å². The van der Waals surface area contributed by atoms with Crippen molar-refractivity contribution in [1.29, 1.82) is 0 Å². The predicted molar refractivity (Wildman–Crippen MR) is 122 cm³/mol. The van der Waals surface area contributed by atoms with Gasteiger partial charge in [-0.05, 0) is 30.7 Å². The number of guanidine groups is 1. The Bertz CT molecular complexity index is 654. The lowest BCUT2D eigenvalue weighted by Gasteiger charge is -2.36. The molecule has 3 N–H and O–H groups in total. The highest BCUT2D eigenvalue weighted by Crippen LogP contribution is 2.15. The van der Waals surface area contributed by atoms with Crippen LogP contribution in [0.5, 0.6) is 0 Å². The molecule has 0 amide bonds. The van der Waals surface area contributed by atoms with Gasteiger partial charge in [0.05, 0.1) is 0 Å². The fourth-order valence-electron chi connectivity index (χ4n) is 3.07. The summed E-state index contributed by atoms with van der Waals surface area (Å²) in [5.74, 6) is 0.486. The van der Waals surface area contributed by atoms with Crippen LogP contribution in [0, 0.1) is 0 Å². The first-order valence-electron chi connectivity index (χ1n) is 8.95. The van der Waals surface area contributed by atoms with Crippen LogP contribution in [0.25, 0.3) is 0 Å². The molecule has 1 aliphatic rings. The van der Waals surface area contributed by atoms with Gasteiger partial charge in [0.15, 0.2) is 5.96 Å². The van der Waals surface area contributed by atoms with Crippen LogP contribution >= 0.6 is 24.0 Å². The van der Waals surface area contributed by atoms with Crippen molar-refractivity contribution >= 4 is 41.3 Å². The van der Waals surface area contributed by atoms with Gasteiger partial charge in [0.1, 0.15) is 0 Å². The van der Waals surface area contributed by atoms with Crippen molar-refractivity contribution in [3.8, 4) is 0 Å². The first kappa shape index (κ1) is 20.5. The van der Waals surface area contributed by atoms with E-state index in [1.54, 1.807) is 0 Å². The number of benzene rings is 2. The van der Waals surface area contributed by atoms with Crippen molar-refractivity contribution in [2.75, 3.05) is 49.5 Å². The number of nitrogens with zero attached hydrogens (tertiary/aromatic N) is 3. The molecule has 26 heavy (non-hydrogen) atoms. The summed E-state index contributed by atoms with van der Waals surface area (Å²) in [6, 6.07) is 20.5. The predicted octanol–water partition coefficient (Wildman–Crippen LogP) is 3.24. The Labute approximate surface area is 173 Å². The molecule has 1 saturated heterocycles. The van der Waals surface area contributed by atoms with Crippen LogP contribution in [0.3, 0.4) is 0 Å². The molecule has 0 aromatic heterocycles. The number of halogens is 1. The minimum atomic E-state index is 0. The number of hydrogen-bond donors (Lipinski definition) is 2. The third-order valence-corrected chi connectivity index (χ3v) is 4.45. The molecule has 0 radical (unpaired) electrons. The van der Waals surface area contributed by atoms with Crippen molar-refractivity contribution in [3.63, 3.8) is 0 Å². The van der Waals surface area contributed by atoms with E-state index in [-0.39, 0.29) is 24.0 Å². The maximum absolute atomic E-state index is 5.93. The van der Waals surface area contributed by atoms with Crippen molar-refractivity contribution in [3.05, 3.63) is 60.7 Å². The van der Waals surface area contributed by atoms with Crippen LogP contribution in [0.2, 0.25) is 0 Å². The summed E-state index contributed by atoms with van der Waals surface area (Å²) in [5.41, 5.74) is 8.22. The maximum Gasteiger partial charge on any atom is 0.193 e. The lowest BCUT2D eigenvalue weighted by Crippen LogP contribution is -2.46. The fraction of sp³-hybridized carbons (Fsp3) is 0.350. The number of nitrogens with two attached hydrogens (primary N) is 1. The van der Waals surface area contributed by atoms with Gasteiger partial charge < -0.3 is 16.0 Å². The van der Waals surface area contributed by atoms with E-state index in [9.17, 15) is 0 Å². The molecular weight excluding hydrogens is 437 g/mol. The van der Waals surface area contributed by atoms with Crippen molar-refractivity contribution in [1.82, 2.24) is 4.90 Å². The van der Waals surface area contributed by atoms with Gasteiger partial charge in [-0.3, -0.25) is 9.89 Å². The Morgan fingerprint density at radius 3 is 2.19 bits per heavy atom. The molecule has 3 rings (SSSR count). The molecule has 1 heterocycles. The van der Waals surface area contributed by atoms with E-state index in [0.717, 1.165) is 51.4 Å². The topological polar surface area (TPSA) is 56.9 Å². The smallest absolute Gasteiger partial charge is 0.193 e. The number of rotatable bonds is 6. The number of hydrogen-bond acceptors (Lipinski definition) is 3. The van der Waals surface area contributed by atoms with Crippen LogP contribution in [0.4, 0.5) is 11.4 Å². The fourth-order valence-corrected chi connectivity index (χ4v) is 3.07. The molecule has 0 spiro atoms. The quantitative estimate of drug-likeness (QED) is 0.298. The van der Waals surface area contributed by atoms with Crippen LogP contribution in [-0.2, 0) is 0 Å². The summed E-state index contributed by atoms with van der Waals surface area (Å²) in [7, 11) is 0. The summed E-state index contributed by atoms with van der Waals surface area (Å²) in [6.07, 6.45) is 1.03. The van der Waals surface area contributed by atoms with Crippen LogP contribution in [0.1, 0.15) is 6.42 Å². The molecule has 2 aromatic rings. The summed E-state index contributed by atoms with van der Waals surface area (Å²) in [6.45, 7) is 6.22. The SMILES string of the molecule is I.NC(=NCCCN1CCN(c2ccccc2)CC1)Nc1ccccc1. The number of nitrogens with one attached hydrogen (secondary N) is 1. The molecule has 0 saturated carbocycles. The van der Waals surface area contributed by atoms with Crippen LogP contribution in [0.15, 0.2) is 65.7 Å². The van der Waals surface area contributed by atoms with E-state index in [2.05, 4.69) is 50.4 Å². The number of anilines is 2. The van der Waals surface area contributed by atoms with Gasteiger partial charge in [0.25, 0.3) is 0 Å². The second-order valence-electron chi connectivity index (χ2n) is 6.28. The Balaban J connectivity index is 0.00000243. The summed E-state index contributed by atoms with van der Waals surface area (Å²) in [4.78, 5) is 9.38. The number of para-hydroxylation sites is 2. The first-order chi connectivity index (χ1) is 12.3. The summed E-state index contributed by atoms with van der Waals surface area (Å²) in [5, 5.41) is 3.11. The van der Waals surface area contributed by atoms with Crippen molar-refractivity contribution in [2.24, 2.45) is 10.7 Å². The standard InChI is InChI=1S/C20H27N5.HI/c21-20(23-18-8-3-1-4-9-18)22-12-7-13-24-14-16-25(17-15-24)19-10-5-2-6-11-19;/h1-6,8-11H,7,12-17H2,(H3,21,22,23);1H. The van der Waals surface area contributed by atoms with Crippen molar-refractivity contribution in [2.45, 2.75) is 6.42 Å². The third kappa shape index (κ3) is 6.49. The van der Waals surface area contributed by atoms with E-state index >= 15 is 0 Å². The highest BCUT2D eigenvalue weighted by Gasteiger charge is 2.16. The van der Waals surface area contributed by atoms with Crippen molar-refractivity contribution < 1.29 is 0 Å². The molecule has 0 atom stereocenters. The Kier molecular flexibility index (Phi) is 8.70. The second-order valence-corrected chi connectivity index (χ2v) is 6.28. The van der Waals surface area contributed by atoms with Gasteiger partial charge in [0.2, 0.25) is 0 Å². The van der Waals surface area contributed by atoms with Gasteiger partial charge in [-0.2, -0.15) is 0 Å². The van der Waals surface area contributed by atoms with Gasteiger partial charge in [0, 0.05) is 50.6 Å². The lowest BCUT2D eigenvalue weighted by molar-refractivity contribution is 0.256. The van der Waals surface area contributed by atoms with Gasteiger partial charge in [-0.25, -0.2) is 0 Å². The lowest BCUT2D eigenvalue weighted by atomic mass is 10.2. The van der Waals surface area contributed by atoms with Gasteiger partial charge in [-0.15, -0.1) is 24.0 Å². The Hall–Kier alpha value is -1.80. The Morgan fingerprint density at radius 2 is 1.54 bits per heavy atom. The zero-order chi connectivity index (χ0) is 17.3. The van der Waals surface area contributed by atoms with Gasteiger partial charge >= 0.3 is 0 Å². The molecule has 0 unspecified atom stereocenters. The normalized spacial score (nSPS) is 15.4. The minimum Gasteiger partial charge on any atom is -0.370 e. The summed E-state index contributed by atoms with van der Waals surface area (Å²) < 4.78 is 0. The zero-order valence-corrected chi connectivity index (χ0v) is 17.4. The molecule has 0 bridgehead atoms. The minimum absolute atomic E-state index is 0. The third-order valence-electron chi connectivity index (χ3n) is 4.45. The summed E-state index contributed by atoms with van der Waals surface area (Å²) >= 11 is 0. The zero-order valence-electron chi connectivity index (χ0n) is 15.1. The van der Waals surface area contributed by atoms with Gasteiger partial charge in [-0.1, -0.05) is 36.4 Å². The largest absolute Gasteiger partial charge is 0.370 e. The van der Waals surface area contributed by atoms with E-state index in [1.165, 1.54) is 5.69 Å². The highest BCUT2D eigenvalue weighted by molar-refractivity contribution is 14.0. The molecule has 5 nitrogen and oxygen atoms in total. The molecule has 6 heteroatoms. The Morgan fingerprint density at radius 1 is 0.923 bits per heavy atom. The maximum atomic E-state index is 5.93. The highest BCUT2D eigenvalue weighted by atomic mass is 127. The molecule has 140 valence electrons. The monoisotopic (exact) mass is 465 g/mol. The molecule has 1 aliphatic heterocycles. The van der Waals surface area contributed by atoms with E-state index in [0.29, 0.717) is 5.96 Å². The van der Waals surface area contributed by atoms with E-state index in [4.69, 9.17) is 5.73 Å². The van der Waals surface area contributed by atoms with E-state index in [1.807, 2.05) is 30.3 Å². The number of piperazine rings is 1. The van der Waals surface area contributed by atoms with Crippen LogP contribution in [-0.4, -0.2) is 50.1 Å². The first-order valence-corrected chi connectivity index (χ1v) is 8.95. The molecule has 2 aromatic carbocycles. The average molecular weight is 465 g/mol. The van der Waals surface area contributed by atoms with E-state index < -0.39 is 0 Å². The average Bonchev–Trinajstić information content (AvgIpc) is 2.67. The molecule has 0 aliphatic carbocycles. The second kappa shape index (κ2) is 11.0.